The van der Waals surface area contributed by atoms with E-state index in [4.69, 9.17) is 0 Å². The fraction of sp³-hybridized carbons (Fsp3) is 1.00. The lowest BCUT2D eigenvalue weighted by molar-refractivity contribution is -0.370. The summed E-state index contributed by atoms with van der Waals surface area (Å²) in [5.74, 6) is -24.8. The van der Waals surface area contributed by atoms with Gasteiger partial charge in [0.05, 0.1) is 0 Å². The zero-order valence-electron chi connectivity index (χ0n) is 11.6. The van der Waals surface area contributed by atoms with E-state index in [1.54, 1.807) is 0 Å². The average molecular weight is 314 g/mol. The molecule has 0 aliphatic heterocycles. The summed E-state index contributed by atoms with van der Waals surface area (Å²) < 4.78 is 106. The molecule has 0 fully saturated rings. The number of hydrogen-bond acceptors (Lipinski definition) is 0. The van der Waals surface area contributed by atoms with Crippen molar-refractivity contribution in [1.29, 1.82) is 0 Å². The summed E-state index contributed by atoms with van der Waals surface area (Å²) in [5.41, 5.74) is 0. The van der Waals surface area contributed by atoms with Gasteiger partial charge in [0, 0.05) is 12.8 Å². The van der Waals surface area contributed by atoms with Gasteiger partial charge in [0.25, 0.3) is 0 Å². The highest BCUT2D eigenvalue weighted by atomic mass is 19.4. The summed E-state index contributed by atoms with van der Waals surface area (Å²) in [6, 6.07) is 0. The Morgan fingerprint density at radius 3 is 0.900 bits per heavy atom. The summed E-state index contributed by atoms with van der Waals surface area (Å²) >= 11 is 0. The van der Waals surface area contributed by atoms with Crippen molar-refractivity contribution in [2.75, 3.05) is 0 Å². The van der Waals surface area contributed by atoms with Crippen molar-refractivity contribution in [2.45, 2.75) is 64.2 Å². The quantitative estimate of drug-likeness (QED) is 0.535. The maximum atomic E-state index is 13.3. The minimum absolute atomic E-state index is 1.05. The second kappa shape index (κ2) is 5.67. The molecule has 0 unspecified atom stereocenters. The van der Waals surface area contributed by atoms with Crippen LogP contribution in [0.4, 0.5) is 35.1 Å². The average Bonchev–Trinajstić information content (AvgIpc) is 2.11. The molecular formula is C12H18F8. The molecule has 0 amide bonds. The van der Waals surface area contributed by atoms with Crippen LogP contribution < -0.4 is 0 Å². The number of alkyl halides is 8. The Morgan fingerprint density at radius 1 is 0.550 bits per heavy atom. The Labute approximate surface area is 112 Å². The van der Waals surface area contributed by atoms with Gasteiger partial charge >= 0.3 is 23.7 Å². The Kier molecular flexibility index (Phi) is 5.52. The first kappa shape index (κ1) is 19.4. The van der Waals surface area contributed by atoms with Crippen molar-refractivity contribution in [3.05, 3.63) is 0 Å². The van der Waals surface area contributed by atoms with Gasteiger partial charge in [0.1, 0.15) is 0 Å². The molecule has 0 saturated heterocycles. The molecule has 0 aromatic carbocycles. The Hall–Kier alpha value is -0.560. The van der Waals surface area contributed by atoms with Gasteiger partial charge in [-0.1, -0.05) is 27.7 Å². The third kappa shape index (κ3) is 3.55. The molecular weight excluding hydrogens is 296 g/mol. The molecule has 0 nitrogen and oxygen atoms in total. The molecule has 0 bridgehead atoms. The molecule has 0 rings (SSSR count). The molecule has 0 radical (unpaired) electrons. The number of hydrogen-bond donors (Lipinski definition) is 0. The van der Waals surface area contributed by atoms with Crippen molar-refractivity contribution >= 4 is 0 Å². The van der Waals surface area contributed by atoms with Gasteiger partial charge in [-0.15, -0.1) is 0 Å². The van der Waals surface area contributed by atoms with Crippen LogP contribution in [0.15, 0.2) is 0 Å². The summed E-state index contributed by atoms with van der Waals surface area (Å²) in [6.45, 7) is 4.42. The van der Waals surface area contributed by atoms with Crippen LogP contribution in [-0.2, 0) is 0 Å². The van der Waals surface area contributed by atoms with E-state index in [1.165, 1.54) is 0 Å². The maximum absolute atomic E-state index is 13.3. The highest BCUT2D eigenvalue weighted by Gasteiger charge is 2.79. The normalized spacial score (nSPS) is 15.3. The second-order valence-corrected chi connectivity index (χ2v) is 5.75. The van der Waals surface area contributed by atoms with Gasteiger partial charge in [-0.25, -0.2) is 0 Å². The second-order valence-electron chi connectivity index (χ2n) is 5.75. The zero-order valence-corrected chi connectivity index (χ0v) is 11.6. The first-order valence-electron chi connectivity index (χ1n) is 6.09. The molecule has 20 heavy (non-hydrogen) atoms. The van der Waals surface area contributed by atoms with E-state index in [0.29, 0.717) is 0 Å². The maximum Gasteiger partial charge on any atom is 0.378 e. The van der Waals surface area contributed by atoms with Gasteiger partial charge in [0.2, 0.25) is 0 Å². The van der Waals surface area contributed by atoms with E-state index in [2.05, 4.69) is 0 Å². The van der Waals surface area contributed by atoms with Gasteiger partial charge in [-0.05, 0) is 11.8 Å². The Bertz CT molecular complexity index is 287. The van der Waals surface area contributed by atoms with E-state index >= 15 is 0 Å². The molecule has 8 heteroatoms. The molecule has 122 valence electrons. The largest absolute Gasteiger partial charge is 0.378 e. The van der Waals surface area contributed by atoms with Crippen LogP contribution in [0.1, 0.15) is 40.5 Å². The highest BCUT2D eigenvalue weighted by molar-refractivity contribution is 5.03. The summed E-state index contributed by atoms with van der Waals surface area (Å²) in [7, 11) is 0. The summed E-state index contributed by atoms with van der Waals surface area (Å²) in [5, 5.41) is 0. The monoisotopic (exact) mass is 314 g/mol. The van der Waals surface area contributed by atoms with Crippen LogP contribution in [0.5, 0.6) is 0 Å². The van der Waals surface area contributed by atoms with Gasteiger partial charge < -0.3 is 0 Å². The first-order chi connectivity index (χ1) is 8.58. The van der Waals surface area contributed by atoms with Crippen LogP contribution in [0.25, 0.3) is 0 Å². The standard InChI is InChI=1S/C12H18F8/c1-7(2)5-9(13,14)11(17,18)12(19,20)10(15,16)6-8(3)4/h7-8H,5-6H2,1-4H3. The minimum atomic E-state index is -6.12. The predicted octanol–water partition coefficient (Wildman–Crippen LogP) is 5.62. The molecule has 0 atom stereocenters. The van der Waals surface area contributed by atoms with E-state index in [1.807, 2.05) is 0 Å². The fourth-order valence-electron chi connectivity index (χ4n) is 1.74. The molecule has 0 heterocycles. The van der Waals surface area contributed by atoms with E-state index < -0.39 is 48.4 Å². The summed E-state index contributed by atoms with van der Waals surface area (Å²) in [4.78, 5) is 0. The Balaban J connectivity index is 5.55. The molecule has 0 spiro atoms. The van der Waals surface area contributed by atoms with Crippen LogP contribution >= 0.6 is 0 Å². The van der Waals surface area contributed by atoms with Gasteiger partial charge in [-0.3, -0.25) is 0 Å². The predicted molar refractivity (Wildman–Crippen MR) is 58.7 cm³/mol. The smallest absolute Gasteiger partial charge is 0.200 e. The van der Waals surface area contributed by atoms with Crippen molar-refractivity contribution in [1.82, 2.24) is 0 Å². The Morgan fingerprint density at radius 2 is 0.750 bits per heavy atom. The topological polar surface area (TPSA) is 0 Å². The molecule has 0 saturated carbocycles. The summed E-state index contributed by atoms with van der Waals surface area (Å²) in [6.07, 6.45) is -3.21. The first-order valence-corrected chi connectivity index (χ1v) is 6.09. The minimum Gasteiger partial charge on any atom is -0.200 e. The van der Waals surface area contributed by atoms with Crippen LogP contribution in [0.3, 0.4) is 0 Å². The van der Waals surface area contributed by atoms with E-state index in [9.17, 15) is 35.1 Å². The van der Waals surface area contributed by atoms with Crippen LogP contribution in [-0.4, -0.2) is 23.7 Å². The van der Waals surface area contributed by atoms with Crippen molar-refractivity contribution in [2.24, 2.45) is 11.8 Å². The van der Waals surface area contributed by atoms with Crippen molar-refractivity contribution in [3.8, 4) is 0 Å². The number of halogens is 8. The third-order valence-corrected chi connectivity index (χ3v) is 2.64. The SMILES string of the molecule is CC(C)CC(F)(F)C(F)(F)C(F)(F)C(F)(F)CC(C)C. The van der Waals surface area contributed by atoms with Crippen molar-refractivity contribution < 1.29 is 35.1 Å². The van der Waals surface area contributed by atoms with E-state index in [0.717, 1.165) is 27.7 Å². The molecule has 0 aromatic heterocycles. The lowest BCUT2D eigenvalue weighted by atomic mass is 9.89. The molecule has 0 aliphatic carbocycles. The van der Waals surface area contributed by atoms with Gasteiger partial charge in [0.15, 0.2) is 0 Å². The van der Waals surface area contributed by atoms with E-state index in [-0.39, 0.29) is 0 Å². The lowest BCUT2D eigenvalue weighted by Crippen LogP contribution is -2.62. The fourth-order valence-corrected chi connectivity index (χ4v) is 1.74. The molecule has 0 aliphatic rings. The molecule has 0 aromatic rings. The zero-order chi connectivity index (χ0) is 16.6. The third-order valence-electron chi connectivity index (χ3n) is 2.64. The highest BCUT2D eigenvalue weighted by Crippen LogP contribution is 2.55. The van der Waals surface area contributed by atoms with Crippen LogP contribution in [0, 0.1) is 11.8 Å². The number of rotatable bonds is 7. The van der Waals surface area contributed by atoms with Gasteiger partial charge in [-0.2, -0.15) is 35.1 Å². The van der Waals surface area contributed by atoms with Crippen molar-refractivity contribution in [3.63, 3.8) is 0 Å². The van der Waals surface area contributed by atoms with Crippen LogP contribution in [0.2, 0.25) is 0 Å². The lowest BCUT2D eigenvalue weighted by Gasteiger charge is -2.38. The molecule has 0 N–H and O–H groups in total.